The number of ether oxygens (including phenoxy) is 1. The summed E-state index contributed by atoms with van der Waals surface area (Å²) in [6, 6.07) is 24.8. The van der Waals surface area contributed by atoms with Crippen LogP contribution < -0.4 is 15.0 Å². The lowest BCUT2D eigenvalue weighted by Crippen LogP contribution is -2.29. The van der Waals surface area contributed by atoms with Gasteiger partial charge in [-0.15, -0.1) is 0 Å². The van der Waals surface area contributed by atoms with Crippen LogP contribution >= 0.6 is 23.8 Å². The summed E-state index contributed by atoms with van der Waals surface area (Å²) in [6.07, 6.45) is 1.78. The molecule has 1 fully saturated rings. The van der Waals surface area contributed by atoms with Crippen LogP contribution in [0, 0.1) is 0 Å². The molecule has 0 aliphatic carbocycles. The molecule has 0 radical (unpaired) electrons. The Morgan fingerprint density at radius 2 is 1.78 bits per heavy atom. The average molecular weight is 462 g/mol. The number of aromatic nitrogens is 1. The maximum absolute atomic E-state index is 6.37. The number of halogens is 1. The van der Waals surface area contributed by atoms with E-state index in [9.17, 15) is 0 Å². The van der Waals surface area contributed by atoms with Gasteiger partial charge in [0.25, 0.3) is 0 Å². The summed E-state index contributed by atoms with van der Waals surface area (Å²) >= 11 is 11.8. The fourth-order valence-electron chi connectivity index (χ4n) is 4.01. The molecule has 1 N–H and O–H groups in total. The average Bonchev–Trinajstić information content (AvgIpc) is 3.44. The molecular weight excluding hydrogens is 442 g/mol. The van der Waals surface area contributed by atoms with E-state index in [1.54, 1.807) is 13.3 Å². The van der Waals surface area contributed by atoms with Gasteiger partial charge in [-0.1, -0.05) is 29.8 Å². The van der Waals surface area contributed by atoms with Crippen LogP contribution in [0.1, 0.15) is 23.5 Å². The van der Waals surface area contributed by atoms with E-state index in [1.165, 1.54) is 0 Å². The van der Waals surface area contributed by atoms with Crippen LogP contribution in [0.5, 0.6) is 5.75 Å². The number of para-hydroxylation sites is 2. The molecule has 1 aliphatic heterocycles. The molecule has 160 valence electrons. The van der Waals surface area contributed by atoms with Crippen molar-refractivity contribution in [2.24, 2.45) is 0 Å². The molecule has 0 bridgehead atoms. The molecule has 2 atom stereocenters. The third kappa shape index (κ3) is 3.72. The van der Waals surface area contributed by atoms with Crippen LogP contribution in [0.2, 0.25) is 5.02 Å². The molecule has 0 saturated carbocycles. The van der Waals surface area contributed by atoms with Gasteiger partial charge in [0.15, 0.2) is 5.11 Å². The highest BCUT2D eigenvalue weighted by atomic mass is 35.5. The van der Waals surface area contributed by atoms with Crippen molar-refractivity contribution in [1.29, 1.82) is 0 Å². The number of rotatable bonds is 5. The summed E-state index contributed by atoms with van der Waals surface area (Å²) in [5, 5.41) is 4.70. The fraction of sp³-hybridized carbons (Fsp3) is 0.120. The molecule has 1 saturated heterocycles. The summed E-state index contributed by atoms with van der Waals surface area (Å²) in [5.41, 5.74) is 2.69. The van der Waals surface area contributed by atoms with Crippen molar-refractivity contribution >= 4 is 34.6 Å². The van der Waals surface area contributed by atoms with Crippen LogP contribution in [0.15, 0.2) is 89.5 Å². The molecule has 0 amide bonds. The number of hydrogen-bond acceptors (Lipinski definition) is 4. The fourth-order valence-corrected chi connectivity index (χ4v) is 4.48. The first-order valence-corrected chi connectivity index (χ1v) is 10.9. The highest BCUT2D eigenvalue weighted by molar-refractivity contribution is 7.80. The van der Waals surface area contributed by atoms with Gasteiger partial charge in [-0.3, -0.25) is 4.98 Å². The van der Waals surface area contributed by atoms with E-state index in [2.05, 4.69) is 10.3 Å². The third-order valence-corrected chi connectivity index (χ3v) is 6.06. The number of benzene rings is 2. The monoisotopic (exact) mass is 461 g/mol. The molecule has 4 aromatic rings. The summed E-state index contributed by atoms with van der Waals surface area (Å²) in [5.74, 6) is 2.26. The van der Waals surface area contributed by atoms with Crippen LogP contribution in [0.3, 0.4) is 0 Å². The van der Waals surface area contributed by atoms with Crippen molar-refractivity contribution in [2.75, 3.05) is 12.0 Å². The second-order valence-electron chi connectivity index (χ2n) is 7.38. The minimum Gasteiger partial charge on any atom is -0.495 e. The molecular formula is C25H20ClN3O2S. The SMILES string of the molecule is COc1ccccc1N1C(=S)N[C@@H](c2ccccn2)[C@@H]1c1ccc(-c2ccc(Cl)cc2)o1. The van der Waals surface area contributed by atoms with E-state index in [0.717, 1.165) is 34.2 Å². The number of furan rings is 1. The van der Waals surface area contributed by atoms with E-state index in [1.807, 2.05) is 83.8 Å². The van der Waals surface area contributed by atoms with Gasteiger partial charge in [0.2, 0.25) is 0 Å². The topological polar surface area (TPSA) is 50.5 Å². The van der Waals surface area contributed by atoms with Crippen molar-refractivity contribution in [2.45, 2.75) is 12.1 Å². The van der Waals surface area contributed by atoms with E-state index in [4.69, 9.17) is 33.0 Å². The number of nitrogens with one attached hydrogen (secondary N) is 1. The van der Waals surface area contributed by atoms with Gasteiger partial charge in [-0.25, -0.2) is 0 Å². The molecule has 1 aliphatic rings. The largest absolute Gasteiger partial charge is 0.495 e. The Morgan fingerprint density at radius 1 is 1.00 bits per heavy atom. The maximum atomic E-state index is 6.37. The molecule has 32 heavy (non-hydrogen) atoms. The molecule has 3 heterocycles. The molecule has 7 heteroatoms. The molecule has 2 aromatic heterocycles. The molecule has 5 nitrogen and oxygen atoms in total. The lowest BCUT2D eigenvalue weighted by Gasteiger charge is -2.27. The normalized spacial score (nSPS) is 17.9. The van der Waals surface area contributed by atoms with Crippen molar-refractivity contribution in [3.63, 3.8) is 0 Å². The number of anilines is 1. The minimum absolute atomic E-state index is 0.196. The second kappa shape index (κ2) is 8.65. The Hall–Kier alpha value is -3.35. The summed E-state index contributed by atoms with van der Waals surface area (Å²) in [6.45, 7) is 0. The lowest BCUT2D eigenvalue weighted by molar-refractivity contribution is 0.409. The molecule has 0 unspecified atom stereocenters. The number of pyridine rings is 1. The Kier molecular flexibility index (Phi) is 5.55. The van der Waals surface area contributed by atoms with E-state index >= 15 is 0 Å². The van der Waals surface area contributed by atoms with Gasteiger partial charge in [0.1, 0.15) is 23.3 Å². The van der Waals surface area contributed by atoms with Gasteiger partial charge in [-0.2, -0.15) is 0 Å². The van der Waals surface area contributed by atoms with Gasteiger partial charge < -0.3 is 19.4 Å². The predicted molar refractivity (Wildman–Crippen MR) is 130 cm³/mol. The number of hydrogen-bond donors (Lipinski definition) is 1. The van der Waals surface area contributed by atoms with Crippen molar-refractivity contribution in [1.82, 2.24) is 10.3 Å². The van der Waals surface area contributed by atoms with Gasteiger partial charge in [0.05, 0.1) is 24.5 Å². The van der Waals surface area contributed by atoms with Crippen LogP contribution in [0.4, 0.5) is 5.69 Å². The number of thiocarbonyl (C=S) groups is 1. The molecule has 0 spiro atoms. The Bertz CT molecular complexity index is 1240. The van der Waals surface area contributed by atoms with Gasteiger partial charge >= 0.3 is 0 Å². The minimum atomic E-state index is -0.255. The van der Waals surface area contributed by atoms with E-state index in [-0.39, 0.29) is 12.1 Å². The van der Waals surface area contributed by atoms with Gasteiger partial charge in [0, 0.05) is 16.8 Å². The Balaban J connectivity index is 1.61. The van der Waals surface area contributed by atoms with Crippen LogP contribution in [-0.4, -0.2) is 17.2 Å². The quantitative estimate of drug-likeness (QED) is 0.358. The predicted octanol–water partition coefficient (Wildman–Crippen LogP) is 6.18. The Labute approximate surface area is 196 Å². The highest BCUT2D eigenvalue weighted by Crippen LogP contribution is 2.45. The van der Waals surface area contributed by atoms with Gasteiger partial charge in [-0.05, 0) is 72.9 Å². The Morgan fingerprint density at radius 3 is 2.53 bits per heavy atom. The lowest BCUT2D eigenvalue weighted by atomic mass is 10.0. The summed E-state index contributed by atoms with van der Waals surface area (Å²) in [7, 11) is 1.65. The first-order chi connectivity index (χ1) is 15.7. The zero-order valence-corrected chi connectivity index (χ0v) is 18.8. The highest BCUT2D eigenvalue weighted by Gasteiger charge is 2.43. The number of nitrogens with zero attached hydrogens (tertiary/aromatic N) is 2. The van der Waals surface area contributed by atoms with Crippen molar-refractivity contribution in [3.8, 4) is 17.1 Å². The van der Waals surface area contributed by atoms with Crippen molar-refractivity contribution in [3.05, 3.63) is 102 Å². The smallest absolute Gasteiger partial charge is 0.174 e. The van der Waals surface area contributed by atoms with E-state index in [0.29, 0.717) is 10.1 Å². The van der Waals surface area contributed by atoms with E-state index < -0.39 is 0 Å². The van der Waals surface area contributed by atoms with Crippen LogP contribution in [0.25, 0.3) is 11.3 Å². The first-order valence-electron chi connectivity index (χ1n) is 10.1. The standard InChI is InChI=1S/C25H20ClN3O2S/c1-30-21-8-3-2-7-19(21)29-24(23(28-25(29)32)18-6-4-5-15-27-18)22-14-13-20(31-22)16-9-11-17(26)12-10-16/h2-15,23-24H,1H3,(H,28,32)/t23-,24-/m0/s1. The van der Waals surface area contributed by atoms with Crippen molar-refractivity contribution < 1.29 is 9.15 Å². The summed E-state index contributed by atoms with van der Waals surface area (Å²) in [4.78, 5) is 6.62. The van der Waals surface area contributed by atoms with Crippen LogP contribution in [-0.2, 0) is 0 Å². The molecule has 5 rings (SSSR count). The summed E-state index contributed by atoms with van der Waals surface area (Å²) < 4.78 is 12.0. The zero-order chi connectivity index (χ0) is 22.1. The zero-order valence-electron chi connectivity index (χ0n) is 17.2. The second-order valence-corrected chi connectivity index (χ2v) is 8.20. The number of methoxy groups -OCH3 is 1. The maximum Gasteiger partial charge on any atom is 0.174 e. The molecule has 2 aromatic carbocycles. The first kappa shape index (κ1) is 20.5. The third-order valence-electron chi connectivity index (χ3n) is 5.49.